The summed E-state index contributed by atoms with van der Waals surface area (Å²) in [7, 11) is 1.72. The van der Waals surface area contributed by atoms with E-state index in [1.165, 1.54) is 6.07 Å². The van der Waals surface area contributed by atoms with E-state index in [4.69, 9.17) is 0 Å². The van der Waals surface area contributed by atoms with Gasteiger partial charge in [0.1, 0.15) is 0 Å². The first-order valence-electron chi connectivity index (χ1n) is 5.73. The number of nitro benzene ring substituents is 1. The Hall–Kier alpha value is -1.66. The number of benzene rings is 1. The van der Waals surface area contributed by atoms with Gasteiger partial charge >= 0.3 is 0 Å². The second-order valence-electron chi connectivity index (χ2n) is 4.49. The Bertz CT molecular complexity index is 503. The fourth-order valence-corrected chi connectivity index (χ4v) is 1.86. The first-order valence-corrected chi connectivity index (χ1v) is 5.73. The molecule has 0 radical (unpaired) electrons. The molecular formula is C12H16ClN3O3. The molecule has 0 spiro atoms. The van der Waals surface area contributed by atoms with Crippen LogP contribution in [-0.4, -0.2) is 41.9 Å². The number of nitrogens with one attached hydrogen (secondary N) is 1. The van der Waals surface area contributed by atoms with Crippen LogP contribution in [0.25, 0.3) is 0 Å². The molecule has 1 heterocycles. The molecule has 1 aromatic rings. The zero-order valence-electron chi connectivity index (χ0n) is 10.8. The molecular weight excluding hydrogens is 270 g/mol. The van der Waals surface area contributed by atoms with Crippen LogP contribution in [0, 0.1) is 17.0 Å². The average molecular weight is 286 g/mol. The Morgan fingerprint density at radius 1 is 1.47 bits per heavy atom. The van der Waals surface area contributed by atoms with Crippen molar-refractivity contribution >= 4 is 24.0 Å². The number of rotatable bonds is 3. The average Bonchev–Trinajstić information content (AvgIpc) is 2.26. The van der Waals surface area contributed by atoms with Gasteiger partial charge in [-0.25, -0.2) is 0 Å². The molecule has 1 aliphatic rings. The van der Waals surface area contributed by atoms with E-state index in [9.17, 15) is 14.9 Å². The minimum Gasteiger partial charge on any atom is -0.336 e. The van der Waals surface area contributed by atoms with Gasteiger partial charge < -0.3 is 10.2 Å². The predicted octanol–water partition coefficient (Wildman–Crippen LogP) is 1.37. The number of nitrogens with zero attached hydrogens (tertiary/aromatic N) is 2. The van der Waals surface area contributed by atoms with E-state index in [0.29, 0.717) is 11.1 Å². The number of likely N-dealkylation sites (N-methyl/N-ethyl adjacent to an activating group) is 1. The van der Waals surface area contributed by atoms with Gasteiger partial charge in [0, 0.05) is 37.3 Å². The summed E-state index contributed by atoms with van der Waals surface area (Å²) in [5.41, 5.74) is 0.909. The Morgan fingerprint density at radius 3 is 2.58 bits per heavy atom. The summed E-state index contributed by atoms with van der Waals surface area (Å²) >= 11 is 0. The van der Waals surface area contributed by atoms with Crippen LogP contribution in [0.3, 0.4) is 0 Å². The van der Waals surface area contributed by atoms with Crippen LogP contribution < -0.4 is 5.32 Å². The first-order chi connectivity index (χ1) is 8.50. The molecule has 1 amide bonds. The normalized spacial score (nSPS) is 14.2. The lowest BCUT2D eigenvalue weighted by Gasteiger charge is -2.35. The maximum absolute atomic E-state index is 12.1. The molecule has 0 atom stereocenters. The summed E-state index contributed by atoms with van der Waals surface area (Å²) in [6, 6.07) is 4.77. The molecule has 2 rings (SSSR count). The van der Waals surface area contributed by atoms with Crippen LogP contribution >= 0.6 is 12.4 Å². The highest BCUT2D eigenvalue weighted by Crippen LogP contribution is 2.20. The summed E-state index contributed by atoms with van der Waals surface area (Å²) in [6.07, 6.45) is 0. The number of carbonyl (C=O) groups excluding carboxylic acids is 1. The SMILES string of the molecule is Cc1ccc(C(=O)N(C)C2CNC2)cc1[N+](=O)[O-].Cl. The fraction of sp³-hybridized carbons (Fsp3) is 0.417. The molecule has 6 nitrogen and oxygen atoms in total. The van der Waals surface area contributed by atoms with E-state index in [0.717, 1.165) is 13.1 Å². The maximum Gasteiger partial charge on any atom is 0.273 e. The van der Waals surface area contributed by atoms with Gasteiger partial charge in [0.05, 0.1) is 11.0 Å². The molecule has 0 saturated carbocycles. The van der Waals surface area contributed by atoms with Gasteiger partial charge in [-0.2, -0.15) is 0 Å². The number of hydrogen-bond donors (Lipinski definition) is 1. The molecule has 1 saturated heterocycles. The van der Waals surface area contributed by atoms with Crippen molar-refractivity contribution in [2.24, 2.45) is 0 Å². The Labute approximate surface area is 117 Å². The van der Waals surface area contributed by atoms with E-state index >= 15 is 0 Å². The highest BCUT2D eigenvalue weighted by Gasteiger charge is 2.27. The standard InChI is InChI=1S/C12H15N3O3.ClH/c1-8-3-4-9(5-11(8)15(17)18)12(16)14(2)10-6-13-7-10;/h3-5,10,13H,6-7H2,1-2H3;1H. The van der Waals surface area contributed by atoms with E-state index in [2.05, 4.69) is 5.32 Å². The third kappa shape index (κ3) is 3.02. The number of carbonyl (C=O) groups is 1. The minimum absolute atomic E-state index is 0. The number of halogens is 1. The molecule has 1 N–H and O–H groups in total. The topological polar surface area (TPSA) is 75.5 Å². The zero-order valence-corrected chi connectivity index (χ0v) is 11.6. The monoisotopic (exact) mass is 285 g/mol. The van der Waals surface area contributed by atoms with E-state index in [1.54, 1.807) is 31.0 Å². The molecule has 7 heteroatoms. The molecule has 0 aliphatic carbocycles. The highest BCUT2D eigenvalue weighted by atomic mass is 35.5. The lowest BCUT2D eigenvalue weighted by Crippen LogP contribution is -2.57. The van der Waals surface area contributed by atoms with Gasteiger partial charge in [-0.05, 0) is 13.0 Å². The third-order valence-corrected chi connectivity index (χ3v) is 3.28. The second kappa shape index (κ2) is 5.99. The van der Waals surface area contributed by atoms with Crippen molar-refractivity contribution in [2.75, 3.05) is 20.1 Å². The third-order valence-electron chi connectivity index (χ3n) is 3.28. The second-order valence-corrected chi connectivity index (χ2v) is 4.49. The Morgan fingerprint density at radius 2 is 2.11 bits per heavy atom. The summed E-state index contributed by atoms with van der Waals surface area (Å²) in [4.78, 5) is 24.1. The summed E-state index contributed by atoms with van der Waals surface area (Å²) in [6.45, 7) is 3.21. The van der Waals surface area contributed by atoms with Gasteiger partial charge in [-0.1, -0.05) is 6.07 Å². The summed E-state index contributed by atoms with van der Waals surface area (Å²) in [5, 5.41) is 13.9. The Kier molecular flexibility index (Phi) is 4.85. The molecule has 0 bridgehead atoms. The number of amides is 1. The van der Waals surface area contributed by atoms with Crippen LogP contribution in [0.1, 0.15) is 15.9 Å². The summed E-state index contributed by atoms with van der Waals surface area (Å²) in [5.74, 6) is -0.176. The van der Waals surface area contributed by atoms with Crippen molar-refractivity contribution in [2.45, 2.75) is 13.0 Å². The summed E-state index contributed by atoms with van der Waals surface area (Å²) < 4.78 is 0. The quantitative estimate of drug-likeness (QED) is 0.672. The van der Waals surface area contributed by atoms with Crippen molar-refractivity contribution in [3.05, 3.63) is 39.4 Å². The van der Waals surface area contributed by atoms with Crippen LogP contribution in [0.2, 0.25) is 0 Å². The maximum atomic E-state index is 12.1. The van der Waals surface area contributed by atoms with Gasteiger partial charge in [0.2, 0.25) is 0 Å². The van der Waals surface area contributed by atoms with Crippen molar-refractivity contribution in [1.82, 2.24) is 10.2 Å². The van der Waals surface area contributed by atoms with Crippen LogP contribution in [0.4, 0.5) is 5.69 Å². The molecule has 1 aliphatic heterocycles. The fourth-order valence-electron chi connectivity index (χ4n) is 1.86. The van der Waals surface area contributed by atoms with Crippen molar-refractivity contribution < 1.29 is 9.72 Å². The molecule has 0 aromatic heterocycles. The molecule has 1 fully saturated rings. The van der Waals surface area contributed by atoms with E-state index in [1.807, 2.05) is 0 Å². The molecule has 1 aromatic carbocycles. The van der Waals surface area contributed by atoms with Gasteiger partial charge in [-0.3, -0.25) is 14.9 Å². The van der Waals surface area contributed by atoms with Gasteiger partial charge in [-0.15, -0.1) is 12.4 Å². The molecule has 0 unspecified atom stereocenters. The van der Waals surface area contributed by atoms with Crippen molar-refractivity contribution in [3.63, 3.8) is 0 Å². The minimum atomic E-state index is -0.461. The van der Waals surface area contributed by atoms with Crippen LogP contribution in [-0.2, 0) is 0 Å². The predicted molar refractivity (Wildman–Crippen MR) is 73.8 cm³/mol. The highest BCUT2D eigenvalue weighted by molar-refractivity contribution is 5.95. The van der Waals surface area contributed by atoms with Gasteiger partial charge in [0.25, 0.3) is 11.6 Å². The lowest BCUT2D eigenvalue weighted by atomic mass is 10.1. The van der Waals surface area contributed by atoms with Crippen molar-refractivity contribution in [3.8, 4) is 0 Å². The molecule has 19 heavy (non-hydrogen) atoms. The smallest absolute Gasteiger partial charge is 0.273 e. The van der Waals surface area contributed by atoms with E-state index < -0.39 is 4.92 Å². The van der Waals surface area contributed by atoms with Gasteiger partial charge in [0.15, 0.2) is 0 Å². The lowest BCUT2D eigenvalue weighted by molar-refractivity contribution is -0.385. The largest absolute Gasteiger partial charge is 0.336 e. The van der Waals surface area contributed by atoms with Crippen LogP contribution in [0.15, 0.2) is 18.2 Å². The van der Waals surface area contributed by atoms with Crippen LogP contribution in [0.5, 0.6) is 0 Å². The first kappa shape index (κ1) is 15.4. The zero-order chi connectivity index (χ0) is 13.3. The number of aryl methyl sites for hydroxylation is 1. The molecule has 104 valence electrons. The van der Waals surface area contributed by atoms with E-state index in [-0.39, 0.29) is 30.0 Å². The number of nitro groups is 1. The Balaban J connectivity index is 0.00000180. The van der Waals surface area contributed by atoms with Crippen molar-refractivity contribution in [1.29, 1.82) is 0 Å². The number of hydrogen-bond acceptors (Lipinski definition) is 4.